The predicted molar refractivity (Wildman–Crippen MR) is 59.5 cm³/mol. The normalized spacial score (nSPS) is 18.6. The third-order valence-electron chi connectivity index (χ3n) is 2.46. The second-order valence-corrected chi connectivity index (χ2v) is 4.41. The van der Waals surface area contributed by atoms with E-state index < -0.39 is 0 Å². The molecule has 0 aliphatic carbocycles. The van der Waals surface area contributed by atoms with Gasteiger partial charge in [0, 0.05) is 44.5 Å². The summed E-state index contributed by atoms with van der Waals surface area (Å²) in [6.07, 6.45) is 1.02. The Morgan fingerprint density at radius 1 is 1.50 bits per heavy atom. The third-order valence-corrected chi connectivity index (χ3v) is 3.19. The van der Waals surface area contributed by atoms with Gasteiger partial charge in [0.25, 0.3) is 0 Å². The monoisotopic (exact) mass is 212 g/mol. The van der Waals surface area contributed by atoms with Crippen LogP contribution in [0.2, 0.25) is 0 Å². The number of hydrogen-bond donors (Lipinski definition) is 2. The first-order chi connectivity index (χ1) is 6.84. The summed E-state index contributed by atoms with van der Waals surface area (Å²) in [6, 6.07) is 0. The molecule has 1 aromatic rings. The minimum absolute atomic E-state index is 0.681. The Hall–Kier alpha value is -0.650. The Balaban J connectivity index is 1.76. The van der Waals surface area contributed by atoms with Gasteiger partial charge in [0.2, 0.25) is 0 Å². The van der Waals surface area contributed by atoms with Crippen molar-refractivity contribution in [2.45, 2.75) is 6.42 Å². The lowest BCUT2D eigenvalue weighted by Crippen LogP contribution is -2.44. The molecule has 4 nitrogen and oxygen atoms in total. The summed E-state index contributed by atoms with van der Waals surface area (Å²) in [6.45, 7) is 5.63. The number of thiazole rings is 1. The van der Waals surface area contributed by atoms with Crippen molar-refractivity contribution in [2.24, 2.45) is 0 Å². The topological polar surface area (TPSA) is 54.2 Å². The second-order valence-electron chi connectivity index (χ2n) is 3.52. The molecule has 1 saturated heterocycles. The summed E-state index contributed by atoms with van der Waals surface area (Å²) in [4.78, 5) is 6.71. The molecule has 0 spiro atoms. The van der Waals surface area contributed by atoms with Crippen molar-refractivity contribution in [2.75, 3.05) is 38.5 Å². The molecule has 0 bridgehead atoms. The van der Waals surface area contributed by atoms with Crippen molar-refractivity contribution >= 4 is 16.5 Å². The lowest BCUT2D eigenvalue weighted by atomic mass is 10.3. The summed E-state index contributed by atoms with van der Waals surface area (Å²) >= 11 is 1.53. The Bertz CT molecular complexity index is 280. The van der Waals surface area contributed by atoms with Gasteiger partial charge in [-0.3, -0.25) is 0 Å². The van der Waals surface area contributed by atoms with Crippen LogP contribution >= 0.6 is 11.3 Å². The molecule has 3 N–H and O–H groups in total. The van der Waals surface area contributed by atoms with E-state index in [4.69, 9.17) is 5.73 Å². The summed E-state index contributed by atoms with van der Waals surface area (Å²) in [5, 5.41) is 6.08. The van der Waals surface area contributed by atoms with Gasteiger partial charge in [0.05, 0.1) is 5.69 Å². The number of nitrogens with zero attached hydrogens (tertiary/aromatic N) is 2. The van der Waals surface area contributed by atoms with Gasteiger partial charge < -0.3 is 16.0 Å². The summed E-state index contributed by atoms with van der Waals surface area (Å²) in [5.74, 6) is 0. The Morgan fingerprint density at radius 2 is 2.29 bits per heavy atom. The molecule has 0 radical (unpaired) electrons. The molecule has 1 aromatic heterocycles. The maximum Gasteiger partial charge on any atom is 0.180 e. The van der Waals surface area contributed by atoms with Gasteiger partial charge in [0.15, 0.2) is 5.13 Å². The van der Waals surface area contributed by atoms with E-state index in [1.165, 1.54) is 11.3 Å². The number of rotatable bonds is 3. The smallest absolute Gasteiger partial charge is 0.180 e. The standard InChI is InChI=1S/C9H16N4S/c10-9-12-8(7-14-9)1-4-13-5-2-11-3-6-13/h7,11H,1-6H2,(H2,10,12). The van der Waals surface area contributed by atoms with Crippen molar-refractivity contribution in [1.29, 1.82) is 0 Å². The summed E-state index contributed by atoms with van der Waals surface area (Å²) in [7, 11) is 0. The molecule has 2 heterocycles. The molecule has 5 heteroatoms. The highest BCUT2D eigenvalue weighted by atomic mass is 32.1. The number of nitrogens with one attached hydrogen (secondary N) is 1. The van der Waals surface area contributed by atoms with Crippen LogP contribution in [0.1, 0.15) is 5.69 Å². The number of piperazine rings is 1. The van der Waals surface area contributed by atoms with Gasteiger partial charge in [-0.15, -0.1) is 11.3 Å². The average Bonchev–Trinajstić information content (AvgIpc) is 2.63. The van der Waals surface area contributed by atoms with E-state index in [0.717, 1.165) is 44.8 Å². The molecule has 14 heavy (non-hydrogen) atoms. The lowest BCUT2D eigenvalue weighted by molar-refractivity contribution is 0.243. The zero-order valence-electron chi connectivity index (χ0n) is 8.20. The largest absolute Gasteiger partial charge is 0.375 e. The van der Waals surface area contributed by atoms with Crippen LogP contribution in [-0.4, -0.2) is 42.6 Å². The number of anilines is 1. The number of nitrogens with two attached hydrogens (primary N) is 1. The van der Waals surface area contributed by atoms with E-state index in [-0.39, 0.29) is 0 Å². The molecule has 0 unspecified atom stereocenters. The fourth-order valence-corrected chi connectivity index (χ4v) is 2.24. The van der Waals surface area contributed by atoms with Crippen molar-refractivity contribution < 1.29 is 0 Å². The Labute approximate surface area is 88.1 Å². The van der Waals surface area contributed by atoms with Crippen LogP contribution in [0.3, 0.4) is 0 Å². The molecular weight excluding hydrogens is 196 g/mol. The lowest BCUT2D eigenvalue weighted by Gasteiger charge is -2.26. The highest BCUT2D eigenvalue weighted by Crippen LogP contribution is 2.11. The van der Waals surface area contributed by atoms with Gasteiger partial charge in [-0.05, 0) is 0 Å². The molecule has 0 amide bonds. The van der Waals surface area contributed by atoms with Crippen molar-refractivity contribution in [3.8, 4) is 0 Å². The van der Waals surface area contributed by atoms with Crippen LogP contribution in [0.5, 0.6) is 0 Å². The van der Waals surface area contributed by atoms with Crippen LogP contribution in [-0.2, 0) is 6.42 Å². The van der Waals surface area contributed by atoms with Crippen molar-refractivity contribution in [3.05, 3.63) is 11.1 Å². The maximum atomic E-state index is 5.57. The van der Waals surface area contributed by atoms with E-state index in [1.54, 1.807) is 0 Å². The summed E-state index contributed by atoms with van der Waals surface area (Å²) in [5.41, 5.74) is 6.70. The molecule has 0 aromatic carbocycles. The molecule has 0 saturated carbocycles. The second kappa shape index (κ2) is 4.72. The van der Waals surface area contributed by atoms with Gasteiger partial charge in [-0.1, -0.05) is 0 Å². The highest BCUT2D eigenvalue weighted by Gasteiger charge is 2.09. The molecule has 1 fully saturated rings. The number of nitrogen functional groups attached to an aromatic ring is 1. The molecule has 1 aliphatic rings. The number of aromatic nitrogens is 1. The minimum Gasteiger partial charge on any atom is -0.375 e. The summed E-state index contributed by atoms with van der Waals surface area (Å²) < 4.78 is 0. The fraction of sp³-hybridized carbons (Fsp3) is 0.667. The molecule has 1 aliphatic heterocycles. The maximum absolute atomic E-state index is 5.57. The van der Waals surface area contributed by atoms with Gasteiger partial charge in [-0.2, -0.15) is 0 Å². The van der Waals surface area contributed by atoms with E-state index in [1.807, 2.05) is 0 Å². The van der Waals surface area contributed by atoms with Gasteiger partial charge >= 0.3 is 0 Å². The van der Waals surface area contributed by atoms with Crippen molar-refractivity contribution in [1.82, 2.24) is 15.2 Å². The molecule has 0 atom stereocenters. The molecule has 78 valence electrons. The Kier molecular flexibility index (Phi) is 3.34. The van der Waals surface area contributed by atoms with Crippen molar-refractivity contribution in [3.63, 3.8) is 0 Å². The van der Waals surface area contributed by atoms with E-state index in [2.05, 4.69) is 20.6 Å². The molecular formula is C9H16N4S. The first-order valence-corrected chi connectivity index (χ1v) is 5.85. The number of hydrogen-bond acceptors (Lipinski definition) is 5. The third kappa shape index (κ3) is 2.67. The van der Waals surface area contributed by atoms with Gasteiger partial charge in [-0.25, -0.2) is 4.98 Å². The molecule has 2 rings (SSSR count). The van der Waals surface area contributed by atoms with Crippen LogP contribution in [0, 0.1) is 0 Å². The van der Waals surface area contributed by atoms with E-state index >= 15 is 0 Å². The first-order valence-electron chi connectivity index (χ1n) is 4.97. The van der Waals surface area contributed by atoms with Gasteiger partial charge in [0.1, 0.15) is 0 Å². The predicted octanol–water partition coefficient (Wildman–Crippen LogP) is 0.173. The quantitative estimate of drug-likeness (QED) is 0.750. The van der Waals surface area contributed by atoms with E-state index in [0.29, 0.717) is 5.13 Å². The minimum atomic E-state index is 0.681. The van der Waals surface area contributed by atoms with Crippen LogP contribution in [0.4, 0.5) is 5.13 Å². The highest BCUT2D eigenvalue weighted by molar-refractivity contribution is 7.13. The first kappa shape index (κ1) is 9.89. The SMILES string of the molecule is Nc1nc(CCN2CCNCC2)cs1. The Morgan fingerprint density at radius 3 is 2.93 bits per heavy atom. The van der Waals surface area contributed by atoms with Crippen LogP contribution in [0.15, 0.2) is 5.38 Å². The fourth-order valence-electron chi connectivity index (χ4n) is 1.64. The zero-order valence-corrected chi connectivity index (χ0v) is 9.02. The zero-order chi connectivity index (χ0) is 9.80. The van der Waals surface area contributed by atoms with Crippen LogP contribution in [0.25, 0.3) is 0 Å². The van der Waals surface area contributed by atoms with E-state index in [9.17, 15) is 0 Å². The average molecular weight is 212 g/mol. The van der Waals surface area contributed by atoms with Crippen LogP contribution < -0.4 is 11.1 Å².